The van der Waals surface area contributed by atoms with E-state index in [-0.39, 0.29) is 18.2 Å². The van der Waals surface area contributed by atoms with Crippen LogP contribution in [0.2, 0.25) is 0 Å². The number of carbonyl (C=O) groups is 2. The fourth-order valence-electron chi connectivity index (χ4n) is 2.61. The fourth-order valence-corrected chi connectivity index (χ4v) is 3.94. The first-order valence-corrected chi connectivity index (χ1v) is 9.71. The predicted molar refractivity (Wildman–Crippen MR) is 107 cm³/mol. The van der Waals surface area contributed by atoms with E-state index < -0.39 is 0 Å². The third-order valence-electron chi connectivity index (χ3n) is 4.08. The highest BCUT2D eigenvalue weighted by Gasteiger charge is 2.23. The fraction of sp³-hybridized carbons (Fsp3) is 0.150. The van der Waals surface area contributed by atoms with Crippen molar-refractivity contribution in [3.8, 4) is 0 Å². The number of nitrogens with one attached hydrogen (secondary N) is 1. The molecule has 26 heavy (non-hydrogen) atoms. The zero-order valence-corrected chi connectivity index (χ0v) is 16.9. The normalized spacial score (nSPS) is 10.6. The van der Waals surface area contributed by atoms with Gasteiger partial charge in [-0.3, -0.25) is 9.59 Å². The molecule has 0 radical (unpaired) electrons. The summed E-state index contributed by atoms with van der Waals surface area (Å²) >= 11 is 4.81. The van der Waals surface area contributed by atoms with Gasteiger partial charge >= 0.3 is 0 Å². The van der Waals surface area contributed by atoms with Gasteiger partial charge in [-0.2, -0.15) is 4.57 Å². The number of rotatable bonds is 5. The standard InChI is InChI=1S/C20H17BrN2O2S/c1-13-14(2)26-20(22-17(24)12-23-10-4-3-5-11-23)18(13)19(25)15-6-8-16(21)9-7-15/h3-11H,12H2,1-2H3/p+1. The third kappa shape index (κ3) is 4.08. The number of carbonyl (C=O) groups excluding carboxylic acids is 2. The molecular formula is C20H18BrN2O2S+. The van der Waals surface area contributed by atoms with Gasteiger partial charge < -0.3 is 5.32 Å². The molecule has 0 aliphatic carbocycles. The maximum Gasteiger partial charge on any atom is 0.290 e. The summed E-state index contributed by atoms with van der Waals surface area (Å²) in [6.45, 7) is 4.07. The van der Waals surface area contributed by atoms with Crippen molar-refractivity contribution in [2.24, 2.45) is 0 Å². The van der Waals surface area contributed by atoms with Crippen molar-refractivity contribution in [2.45, 2.75) is 20.4 Å². The lowest BCUT2D eigenvalue weighted by Gasteiger charge is -2.06. The van der Waals surface area contributed by atoms with Crippen LogP contribution in [-0.2, 0) is 11.3 Å². The molecule has 0 aliphatic rings. The first kappa shape index (κ1) is 18.5. The Hall–Kier alpha value is -2.31. The number of thiophene rings is 1. The molecule has 0 spiro atoms. The largest absolute Gasteiger partial charge is 0.312 e. The number of benzene rings is 1. The van der Waals surface area contributed by atoms with Crippen molar-refractivity contribution < 1.29 is 14.2 Å². The maximum atomic E-state index is 13.0. The Morgan fingerprint density at radius 1 is 1.08 bits per heavy atom. The van der Waals surface area contributed by atoms with Crippen molar-refractivity contribution >= 4 is 44.0 Å². The predicted octanol–water partition coefficient (Wildman–Crippen LogP) is 4.28. The molecule has 3 aromatic rings. The van der Waals surface area contributed by atoms with E-state index in [1.54, 1.807) is 16.7 Å². The number of hydrogen-bond donors (Lipinski definition) is 1. The molecule has 2 aromatic heterocycles. The summed E-state index contributed by atoms with van der Waals surface area (Å²) < 4.78 is 2.71. The minimum atomic E-state index is -0.160. The van der Waals surface area contributed by atoms with Crippen LogP contribution in [0, 0.1) is 13.8 Å². The van der Waals surface area contributed by atoms with E-state index in [0.29, 0.717) is 16.1 Å². The van der Waals surface area contributed by atoms with Gasteiger partial charge in [0.1, 0.15) is 5.00 Å². The number of aromatic nitrogens is 1. The maximum absolute atomic E-state index is 13.0. The summed E-state index contributed by atoms with van der Waals surface area (Å²) in [5.74, 6) is -0.241. The summed E-state index contributed by atoms with van der Waals surface area (Å²) in [5.41, 5.74) is 2.08. The minimum absolute atomic E-state index is 0.0815. The second-order valence-corrected chi connectivity index (χ2v) is 8.06. The first-order chi connectivity index (χ1) is 12.5. The quantitative estimate of drug-likeness (QED) is 0.485. The lowest BCUT2D eigenvalue weighted by atomic mass is 10.0. The zero-order chi connectivity index (χ0) is 18.7. The Kier molecular flexibility index (Phi) is 5.64. The molecule has 0 atom stereocenters. The van der Waals surface area contributed by atoms with Crippen LogP contribution in [0.4, 0.5) is 5.00 Å². The van der Waals surface area contributed by atoms with Crippen LogP contribution in [0.15, 0.2) is 59.3 Å². The average Bonchev–Trinajstić information content (AvgIpc) is 2.89. The second-order valence-electron chi connectivity index (χ2n) is 5.92. The van der Waals surface area contributed by atoms with E-state index in [0.717, 1.165) is 14.9 Å². The first-order valence-electron chi connectivity index (χ1n) is 8.10. The molecule has 0 saturated heterocycles. The van der Waals surface area contributed by atoms with Gasteiger partial charge in [-0.25, -0.2) is 0 Å². The Morgan fingerprint density at radius 3 is 2.38 bits per heavy atom. The molecule has 0 fully saturated rings. The van der Waals surface area contributed by atoms with Gasteiger partial charge in [0.2, 0.25) is 6.54 Å². The minimum Gasteiger partial charge on any atom is -0.312 e. The van der Waals surface area contributed by atoms with E-state index in [1.165, 1.54) is 11.3 Å². The van der Waals surface area contributed by atoms with Crippen LogP contribution in [0.1, 0.15) is 26.4 Å². The van der Waals surface area contributed by atoms with Crippen molar-refractivity contribution in [1.82, 2.24) is 0 Å². The summed E-state index contributed by atoms with van der Waals surface area (Å²) in [6.07, 6.45) is 3.66. The summed E-state index contributed by atoms with van der Waals surface area (Å²) in [6, 6.07) is 12.9. The summed E-state index contributed by atoms with van der Waals surface area (Å²) in [7, 11) is 0. The van der Waals surface area contributed by atoms with E-state index >= 15 is 0 Å². The van der Waals surface area contributed by atoms with Crippen molar-refractivity contribution in [1.29, 1.82) is 0 Å². The van der Waals surface area contributed by atoms with E-state index in [2.05, 4.69) is 21.2 Å². The molecule has 0 aliphatic heterocycles. The molecule has 1 N–H and O–H groups in total. The molecule has 2 heterocycles. The zero-order valence-electron chi connectivity index (χ0n) is 14.5. The third-order valence-corrected chi connectivity index (χ3v) is 5.73. The number of hydrogen-bond acceptors (Lipinski definition) is 3. The van der Waals surface area contributed by atoms with E-state index in [1.807, 2.05) is 56.6 Å². The lowest BCUT2D eigenvalue weighted by molar-refractivity contribution is -0.684. The average molecular weight is 430 g/mol. The van der Waals surface area contributed by atoms with Crippen LogP contribution in [0.3, 0.4) is 0 Å². The second kappa shape index (κ2) is 7.93. The number of ketones is 1. The number of aryl methyl sites for hydroxylation is 1. The highest BCUT2D eigenvalue weighted by atomic mass is 79.9. The molecule has 1 amide bonds. The molecule has 3 rings (SSSR count). The topological polar surface area (TPSA) is 50.1 Å². The monoisotopic (exact) mass is 429 g/mol. The Balaban J connectivity index is 1.86. The smallest absolute Gasteiger partial charge is 0.290 e. The Labute approximate surface area is 164 Å². The van der Waals surface area contributed by atoms with Gasteiger partial charge in [0.25, 0.3) is 5.91 Å². The molecule has 132 valence electrons. The van der Waals surface area contributed by atoms with Crippen LogP contribution < -0.4 is 9.88 Å². The Morgan fingerprint density at radius 2 is 1.73 bits per heavy atom. The van der Waals surface area contributed by atoms with Crippen LogP contribution in [-0.4, -0.2) is 11.7 Å². The van der Waals surface area contributed by atoms with Crippen LogP contribution in [0.5, 0.6) is 0 Å². The molecule has 0 unspecified atom stereocenters. The molecule has 1 aromatic carbocycles. The van der Waals surface area contributed by atoms with Gasteiger partial charge in [0, 0.05) is 27.0 Å². The molecule has 0 saturated carbocycles. The van der Waals surface area contributed by atoms with Crippen molar-refractivity contribution in [3.63, 3.8) is 0 Å². The van der Waals surface area contributed by atoms with Gasteiger partial charge in [0.05, 0.1) is 5.56 Å². The molecular weight excluding hydrogens is 412 g/mol. The Bertz CT molecular complexity index is 950. The molecule has 0 bridgehead atoms. The van der Waals surface area contributed by atoms with Gasteiger partial charge in [-0.1, -0.05) is 22.0 Å². The lowest BCUT2D eigenvalue weighted by Crippen LogP contribution is -2.39. The van der Waals surface area contributed by atoms with Gasteiger partial charge in [-0.05, 0) is 43.7 Å². The summed E-state index contributed by atoms with van der Waals surface area (Å²) in [4.78, 5) is 26.4. The number of pyridine rings is 1. The SMILES string of the molecule is Cc1sc(NC(=O)C[n+]2ccccc2)c(C(=O)c2ccc(Br)cc2)c1C. The molecule has 6 heteroatoms. The summed E-state index contributed by atoms with van der Waals surface area (Å²) in [5, 5.41) is 3.52. The molecule has 4 nitrogen and oxygen atoms in total. The van der Waals surface area contributed by atoms with E-state index in [9.17, 15) is 9.59 Å². The number of amides is 1. The van der Waals surface area contributed by atoms with Crippen LogP contribution >= 0.6 is 27.3 Å². The number of halogens is 1. The number of nitrogens with zero attached hydrogens (tertiary/aromatic N) is 1. The highest BCUT2D eigenvalue weighted by Crippen LogP contribution is 2.34. The number of anilines is 1. The van der Waals surface area contributed by atoms with Crippen molar-refractivity contribution in [2.75, 3.05) is 5.32 Å². The van der Waals surface area contributed by atoms with Gasteiger partial charge in [-0.15, -0.1) is 11.3 Å². The van der Waals surface area contributed by atoms with Crippen molar-refractivity contribution in [3.05, 3.63) is 80.9 Å². The highest BCUT2D eigenvalue weighted by molar-refractivity contribution is 9.10. The van der Waals surface area contributed by atoms with Crippen LogP contribution in [0.25, 0.3) is 0 Å². The van der Waals surface area contributed by atoms with Gasteiger partial charge in [0.15, 0.2) is 18.2 Å². The van der Waals surface area contributed by atoms with E-state index in [4.69, 9.17) is 0 Å².